The highest BCUT2D eigenvalue weighted by Crippen LogP contribution is 2.37. The van der Waals surface area contributed by atoms with Crippen LogP contribution in [0.25, 0.3) is 0 Å². The first kappa shape index (κ1) is 15.5. The second kappa shape index (κ2) is 5.48. The first-order valence-electron chi connectivity index (χ1n) is 5.37. The number of rotatable bonds is 2. The second-order valence-electron chi connectivity index (χ2n) is 3.94. The van der Waals surface area contributed by atoms with E-state index in [1.165, 1.54) is 0 Å². The zero-order chi connectivity index (χ0) is 15.8. The topological polar surface area (TPSA) is 9.23 Å². The lowest BCUT2D eigenvalue weighted by Crippen LogP contribution is -2.07. The van der Waals surface area contributed by atoms with Gasteiger partial charge in [0, 0.05) is 0 Å². The third kappa shape index (κ3) is 3.41. The van der Waals surface area contributed by atoms with Crippen LogP contribution in [0.15, 0.2) is 30.3 Å². The minimum Gasteiger partial charge on any atom is -0.450 e. The predicted octanol–water partition coefficient (Wildman–Crippen LogP) is 5.57. The fourth-order valence-corrected chi connectivity index (χ4v) is 1.69. The van der Waals surface area contributed by atoms with Gasteiger partial charge in [-0.2, -0.15) is 13.2 Å². The maximum Gasteiger partial charge on any atom is 0.416 e. The van der Waals surface area contributed by atoms with Crippen LogP contribution in [0.3, 0.4) is 0 Å². The highest BCUT2D eigenvalue weighted by molar-refractivity contribution is 6.32. The van der Waals surface area contributed by atoms with E-state index in [0.29, 0.717) is 0 Å². The van der Waals surface area contributed by atoms with Gasteiger partial charge in [0.25, 0.3) is 0 Å². The van der Waals surface area contributed by atoms with E-state index >= 15 is 0 Å². The maximum atomic E-state index is 13.6. The van der Waals surface area contributed by atoms with Gasteiger partial charge in [0.05, 0.1) is 10.6 Å². The number of hydrogen-bond acceptors (Lipinski definition) is 1. The summed E-state index contributed by atoms with van der Waals surface area (Å²) in [6.45, 7) is 0. The van der Waals surface area contributed by atoms with E-state index in [-0.39, 0.29) is 22.9 Å². The maximum absolute atomic E-state index is 13.6. The predicted molar refractivity (Wildman–Crippen MR) is 62.8 cm³/mol. The zero-order valence-electron chi connectivity index (χ0n) is 9.94. The molecule has 8 heteroatoms. The number of alkyl halides is 3. The quantitative estimate of drug-likeness (QED) is 0.656. The Labute approximate surface area is 119 Å². The van der Waals surface area contributed by atoms with E-state index in [0.717, 1.165) is 18.2 Å². The average molecular weight is 327 g/mol. The summed E-state index contributed by atoms with van der Waals surface area (Å²) in [5.74, 6) is -5.17. The van der Waals surface area contributed by atoms with Crippen molar-refractivity contribution in [3.63, 3.8) is 0 Å². The summed E-state index contributed by atoms with van der Waals surface area (Å²) in [6.07, 6.45) is -4.90. The monoisotopic (exact) mass is 326 g/mol. The van der Waals surface area contributed by atoms with Crippen molar-refractivity contribution in [2.75, 3.05) is 0 Å². The molecule has 0 amide bonds. The molecule has 21 heavy (non-hydrogen) atoms. The summed E-state index contributed by atoms with van der Waals surface area (Å²) in [5.41, 5.74) is -1.49. The van der Waals surface area contributed by atoms with Gasteiger partial charge in [0.1, 0.15) is 11.6 Å². The van der Waals surface area contributed by atoms with Crippen LogP contribution in [-0.4, -0.2) is 0 Å². The standard InChI is InChI=1S/C13H5ClF6O/c14-8-5-7(15)1-2-11(8)21-12-9(16)3-6(4-10(12)17)13(18,19)20/h1-5H. The Morgan fingerprint density at radius 2 is 1.48 bits per heavy atom. The number of halogens is 7. The lowest BCUT2D eigenvalue weighted by atomic mass is 10.2. The van der Waals surface area contributed by atoms with Gasteiger partial charge in [-0.15, -0.1) is 0 Å². The molecule has 0 N–H and O–H groups in total. The minimum atomic E-state index is -4.90. The third-order valence-corrected chi connectivity index (χ3v) is 2.73. The van der Waals surface area contributed by atoms with Crippen LogP contribution in [0, 0.1) is 17.5 Å². The minimum absolute atomic E-state index is 0.0931. The molecule has 0 atom stereocenters. The van der Waals surface area contributed by atoms with Crippen LogP contribution in [0.2, 0.25) is 5.02 Å². The molecule has 0 saturated heterocycles. The molecule has 0 bridgehead atoms. The van der Waals surface area contributed by atoms with Crippen molar-refractivity contribution in [3.8, 4) is 11.5 Å². The van der Waals surface area contributed by atoms with Gasteiger partial charge in [0.2, 0.25) is 0 Å². The van der Waals surface area contributed by atoms with Gasteiger partial charge >= 0.3 is 6.18 Å². The Bertz CT molecular complexity index is 660. The lowest BCUT2D eigenvalue weighted by Gasteiger charge is -2.12. The summed E-state index contributed by atoms with van der Waals surface area (Å²) in [6, 6.07) is 2.93. The van der Waals surface area contributed by atoms with Crippen molar-refractivity contribution in [1.29, 1.82) is 0 Å². The van der Waals surface area contributed by atoms with E-state index in [1.807, 2.05) is 0 Å². The molecule has 1 nitrogen and oxygen atoms in total. The summed E-state index contributed by atoms with van der Waals surface area (Å²) in [5, 5.41) is -0.284. The van der Waals surface area contributed by atoms with Crippen LogP contribution in [0.4, 0.5) is 26.3 Å². The molecule has 0 aromatic heterocycles. The van der Waals surface area contributed by atoms with Gasteiger partial charge < -0.3 is 4.74 Å². The second-order valence-corrected chi connectivity index (χ2v) is 4.35. The van der Waals surface area contributed by atoms with Gasteiger partial charge in [-0.05, 0) is 30.3 Å². The largest absolute Gasteiger partial charge is 0.450 e. The molecule has 0 aliphatic rings. The Morgan fingerprint density at radius 1 is 0.905 bits per heavy atom. The summed E-state index contributed by atoms with van der Waals surface area (Å²) < 4.78 is 81.8. The molecule has 112 valence electrons. The van der Waals surface area contributed by atoms with Crippen LogP contribution in [-0.2, 0) is 6.18 Å². The number of hydrogen-bond donors (Lipinski definition) is 0. The molecule has 0 aliphatic heterocycles. The Kier molecular flexibility index (Phi) is 4.04. The Morgan fingerprint density at radius 3 is 1.95 bits per heavy atom. The normalized spacial score (nSPS) is 11.6. The van der Waals surface area contributed by atoms with Gasteiger partial charge in [-0.3, -0.25) is 0 Å². The van der Waals surface area contributed by atoms with Crippen LogP contribution in [0.5, 0.6) is 11.5 Å². The summed E-state index contributed by atoms with van der Waals surface area (Å²) >= 11 is 5.60. The molecule has 0 saturated carbocycles. The average Bonchev–Trinajstić information content (AvgIpc) is 2.34. The molecule has 0 aliphatic carbocycles. The molecule has 2 rings (SSSR count). The fraction of sp³-hybridized carbons (Fsp3) is 0.0769. The van der Waals surface area contributed by atoms with Crippen molar-refractivity contribution in [1.82, 2.24) is 0 Å². The molecule has 0 fully saturated rings. The Hall–Kier alpha value is -1.89. The zero-order valence-corrected chi connectivity index (χ0v) is 10.7. The smallest absolute Gasteiger partial charge is 0.416 e. The molecule has 0 spiro atoms. The third-order valence-electron chi connectivity index (χ3n) is 2.43. The van der Waals surface area contributed by atoms with Crippen molar-refractivity contribution in [3.05, 3.63) is 58.4 Å². The van der Waals surface area contributed by atoms with E-state index in [2.05, 4.69) is 0 Å². The lowest BCUT2D eigenvalue weighted by molar-refractivity contribution is -0.138. The van der Waals surface area contributed by atoms with Gasteiger partial charge in [-0.25, -0.2) is 13.2 Å². The van der Waals surface area contributed by atoms with Crippen LogP contribution >= 0.6 is 11.6 Å². The summed E-state index contributed by atoms with van der Waals surface area (Å²) in [4.78, 5) is 0. The van der Waals surface area contributed by atoms with E-state index in [1.54, 1.807) is 0 Å². The van der Waals surface area contributed by atoms with E-state index in [9.17, 15) is 26.3 Å². The van der Waals surface area contributed by atoms with Crippen molar-refractivity contribution >= 4 is 11.6 Å². The van der Waals surface area contributed by atoms with Crippen molar-refractivity contribution in [2.45, 2.75) is 6.18 Å². The molecule has 2 aromatic carbocycles. The molecule has 0 radical (unpaired) electrons. The molecule has 0 heterocycles. The van der Waals surface area contributed by atoms with Gasteiger partial charge in [0.15, 0.2) is 17.4 Å². The number of benzene rings is 2. The first-order valence-corrected chi connectivity index (χ1v) is 5.75. The Balaban J connectivity index is 2.41. The van der Waals surface area contributed by atoms with Crippen molar-refractivity contribution < 1.29 is 31.1 Å². The molecule has 0 unspecified atom stereocenters. The van der Waals surface area contributed by atoms with Crippen molar-refractivity contribution in [2.24, 2.45) is 0 Å². The fourth-order valence-electron chi connectivity index (χ4n) is 1.49. The highest BCUT2D eigenvalue weighted by atomic mass is 35.5. The van der Waals surface area contributed by atoms with Gasteiger partial charge in [-0.1, -0.05) is 11.6 Å². The summed E-state index contributed by atoms with van der Waals surface area (Å²) in [7, 11) is 0. The SMILES string of the molecule is Fc1ccc(Oc2c(F)cc(C(F)(F)F)cc2F)c(Cl)c1. The molecular formula is C13H5ClF6O. The van der Waals surface area contributed by atoms with Crippen LogP contribution in [0.1, 0.15) is 5.56 Å². The van der Waals surface area contributed by atoms with E-state index < -0.39 is 34.9 Å². The van der Waals surface area contributed by atoms with Crippen LogP contribution < -0.4 is 4.74 Å². The highest BCUT2D eigenvalue weighted by Gasteiger charge is 2.33. The van der Waals surface area contributed by atoms with E-state index in [4.69, 9.17) is 16.3 Å². The first-order chi connectivity index (χ1) is 9.68. The number of ether oxygens (including phenoxy) is 1. The molecular weight excluding hydrogens is 322 g/mol. The molecule has 2 aromatic rings.